The number of ether oxygens (including phenoxy) is 3. The second-order valence-electron chi connectivity index (χ2n) is 7.77. The lowest BCUT2D eigenvalue weighted by Crippen LogP contribution is -2.47. The summed E-state index contributed by atoms with van der Waals surface area (Å²) in [5.74, 6) is 2.94. The summed E-state index contributed by atoms with van der Waals surface area (Å²) in [5, 5.41) is 3.63. The fraction of sp³-hybridized carbons (Fsp3) is 0.320. The van der Waals surface area contributed by atoms with E-state index in [2.05, 4.69) is 31.2 Å². The van der Waals surface area contributed by atoms with E-state index in [0.717, 1.165) is 48.5 Å². The predicted molar refractivity (Wildman–Crippen MR) is 138 cm³/mol. The molecule has 0 unspecified atom stereocenters. The maximum absolute atomic E-state index is 12.6. The number of hydrogen-bond acceptors (Lipinski definition) is 9. The molecule has 1 aliphatic heterocycles. The van der Waals surface area contributed by atoms with Crippen LogP contribution >= 0.6 is 11.8 Å². The Morgan fingerprint density at radius 3 is 2.26 bits per heavy atom. The number of methoxy groups -OCH3 is 3. The SMILES string of the molecule is COc1cc(NC(=O)CSc2nccnc2N2CCN(c3ccccc3OC)CC2)cc(OC)c1. The highest BCUT2D eigenvalue weighted by molar-refractivity contribution is 8.00. The van der Waals surface area contributed by atoms with Gasteiger partial charge in [-0.15, -0.1) is 0 Å². The molecule has 2 aromatic carbocycles. The number of hydrogen-bond donors (Lipinski definition) is 1. The third-order valence-corrected chi connectivity index (χ3v) is 6.59. The van der Waals surface area contributed by atoms with Gasteiger partial charge in [0.05, 0.1) is 32.8 Å². The number of carbonyl (C=O) groups excluding carboxylic acids is 1. The molecule has 1 aromatic heterocycles. The average molecular weight is 496 g/mol. The number of para-hydroxylation sites is 2. The van der Waals surface area contributed by atoms with E-state index in [-0.39, 0.29) is 11.7 Å². The summed E-state index contributed by atoms with van der Waals surface area (Å²) in [4.78, 5) is 26.2. The van der Waals surface area contributed by atoms with Gasteiger partial charge < -0.3 is 29.3 Å². The molecule has 4 rings (SSSR count). The van der Waals surface area contributed by atoms with Crippen molar-refractivity contribution in [3.63, 3.8) is 0 Å². The maximum Gasteiger partial charge on any atom is 0.234 e. The Morgan fingerprint density at radius 1 is 0.914 bits per heavy atom. The minimum absolute atomic E-state index is 0.150. The summed E-state index contributed by atoms with van der Waals surface area (Å²) < 4.78 is 16.1. The second kappa shape index (κ2) is 11.7. The van der Waals surface area contributed by atoms with E-state index < -0.39 is 0 Å². The third-order valence-electron chi connectivity index (χ3n) is 5.63. The van der Waals surface area contributed by atoms with Crippen LogP contribution < -0.4 is 29.3 Å². The van der Waals surface area contributed by atoms with Gasteiger partial charge in [0.1, 0.15) is 22.3 Å². The normalized spacial score (nSPS) is 13.3. The van der Waals surface area contributed by atoms with E-state index in [9.17, 15) is 4.79 Å². The van der Waals surface area contributed by atoms with Crippen molar-refractivity contribution in [2.75, 3.05) is 68.4 Å². The summed E-state index contributed by atoms with van der Waals surface area (Å²) in [6.07, 6.45) is 3.34. The fourth-order valence-corrected chi connectivity index (χ4v) is 4.68. The molecule has 10 heteroatoms. The van der Waals surface area contributed by atoms with Crippen molar-refractivity contribution in [3.05, 3.63) is 54.9 Å². The predicted octanol–water partition coefficient (Wildman–Crippen LogP) is 3.56. The molecule has 0 radical (unpaired) electrons. The van der Waals surface area contributed by atoms with Gasteiger partial charge >= 0.3 is 0 Å². The van der Waals surface area contributed by atoms with Gasteiger partial charge in [0.2, 0.25) is 5.91 Å². The molecule has 1 N–H and O–H groups in total. The number of carbonyl (C=O) groups is 1. The molecular weight excluding hydrogens is 466 g/mol. The monoisotopic (exact) mass is 495 g/mol. The third kappa shape index (κ3) is 6.07. The van der Waals surface area contributed by atoms with Crippen molar-refractivity contribution in [2.45, 2.75) is 5.03 Å². The first-order valence-corrected chi connectivity index (χ1v) is 12.2. The van der Waals surface area contributed by atoms with Crippen molar-refractivity contribution < 1.29 is 19.0 Å². The van der Waals surface area contributed by atoms with Crippen LogP contribution in [-0.2, 0) is 4.79 Å². The number of nitrogens with zero attached hydrogens (tertiary/aromatic N) is 4. The second-order valence-corrected chi connectivity index (χ2v) is 8.73. The van der Waals surface area contributed by atoms with E-state index in [0.29, 0.717) is 17.2 Å². The van der Waals surface area contributed by atoms with Crippen molar-refractivity contribution >= 4 is 34.9 Å². The number of benzene rings is 2. The van der Waals surface area contributed by atoms with Crippen LogP contribution in [0.3, 0.4) is 0 Å². The quantitative estimate of drug-likeness (QED) is 0.448. The van der Waals surface area contributed by atoms with Crippen LogP contribution in [0.5, 0.6) is 17.2 Å². The highest BCUT2D eigenvalue weighted by Crippen LogP contribution is 2.31. The molecule has 0 aliphatic carbocycles. The van der Waals surface area contributed by atoms with E-state index in [1.54, 1.807) is 51.9 Å². The van der Waals surface area contributed by atoms with Gasteiger partial charge in [0.25, 0.3) is 0 Å². The van der Waals surface area contributed by atoms with Gasteiger partial charge in [0.15, 0.2) is 5.82 Å². The lowest BCUT2D eigenvalue weighted by atomic mass is 10.2. The van der Waals surface area contributed by atoms with Gasteiger partial charge in [-0.05, 0) is 12.1 Å². The van der Waals surface area contributed by atoms with Crippen molar-refractivity contribution in [2.24, 2.45) is 0 Å². The van der Waals surface area contributed by atoms with Gasteiger partial charge in [-0.25, -0.2) is 9.97 Å². The topological polar surface area (TPSA) is 89.0 Å². The molecule has 9 nitrogen and oxygen atoms in total. The van der Waals surface area contributed by atoms with Crippen LogP contribution in [0, 0.1) is 0 Å². The molecule has 0 atom stereocenters. The van der Waals surface area contributed by atoms with E-state index in [1.807, 2.05) is 18.2 Å². The van der Waals surface area contributed by atoms with Crippen LogP contribution in [0.15, 0.2) is 59.9 Å². The van der Waals surface area contributed by atoms with Crippen LogP contribution in [0.25, 0.3) is 0 Å². The van der Waals surface area contributed by atoms with Crippen LogP contribution in [0.2, 0.25) is 0 Å². The minimum Gasteiger partial charge on any atom is -0.497 e. The number of thioether (sulfide) groups is 1. The zero-order valence-corrected chi connectivity index (χ0v) is 20.9. The first-order valence-electron chi connectivity index (χ1n) is 11.2. The number of aromatic nitrogens is 2. The zero-order chi connectivity index (χ0) is 24.6. The number of nitrogens with one attached hydrogen (secondary N) is 1. The number of amides is 1. The zero-order valence-electron chi connectivity index (χ0n) is 20.1. The largest absolute Gasteiger partial charge is 0.497 e. The standard InChI is InChI=1S/C25H29N5O4S/c1-32-19-14-18(15-20(16-19)33-2)28-23(31)17-35-25-24(26-8-9-27-25)30-12-10-29(11-13-30)21-6-4-5-7-22(21)34-3/h4-9,14-16H,10-13,17H2,1-3H3,(H,28,31). The van der Waals surface area contributed by atoms with Crippen LogP contribution in [0.4, 0.5) is 17.2 Å². The molecule has 0 bridgehead atoms. The molecule has 0 saturated carbocycles. The van der Waals surface area contributed by atoms with Gasteiger partial charge in [0, 0.05) is 62.5 Å². The molecule has 3 aromatic rings. The maximum atomic E-state index is 12.6. The van der Waals surface area contributed by atoms with Gasteiger partial charge in [-0.1, -0.05) is 23.9 Å². The Balaban J connectivity index is 1.37. The van der Waals surface area contributed by atoms with Crippen molar-refractivity contribution in [3.8, 4) is 17.2 Å². The first-order chi connectivity index (χ1) is 17.1. The summed E-state index contributed by atoms with van der Waals surface area (Å²) in [6.45, 7) is 3.25. The molecular formula is C25H29N5O4S. The number of anilines is 3. The Kier molecular flexibility index (Phi) is 8.15. The lowest BCUT2D eigenvalue weighted by molar-refractivity contribution is -0.113. The van der Waals surface area contributed by atoms with Crippen molar-refractivity contribution in [1.82, 2.24) is 9.97 Å². The van der Waals surface area contributed by atoms with Crippen molar-refractivity contribution in [1.29, 1.82) is 0 Å². The molecule has 0 spiro atoms. The van der Waals surface area contributed by atoms with Gasteiger partial charge in [-0.3, -0.25) is 4.79 Å². The molecule has 184 valence electrons. The number of rotatable bonds is 9. The van der Waals surface area contributed by atoms with Gasteiger partial charge in [-0.2, -0.15) is 0 Å². The number of piperazine rings is 1. The highest BCUT2D eigenvalue weighted by Gasteiger charge is 2.23. The molecule has 1 aliphatic rings. The molecule has 1 saturated heterocycles. The summed E-state index contributed by atoms with van der Waals surface area (Å²) in [5.41, 5.74) is 1.70. The van der Waals surface area contributed by atoms with Crippen LogP contribution in [0.1, 0.15) is 0 Å². The molecule has 1 amide bonds. The average Bonchev–Trinajstić information content (AvgIpc) is 2.92. The molecule has 2 heterocycles. The summed E-state index contributed by atoms with van der Waals surface area (Å²) in [6, 6.07) is 13.3. The van der Waals surface area contributed by atoms with Crippen LogP contribution in [-0.4, -0.2) is 69.1 Å². The van der Waals surface area contributed by atoms with E-state index >= 15 is 0 Å². The Labute approximate surface area is 209 Å². The van der Waals surface area contributed by atoms with E-state index in [1.165, 1.54) is 11.8 Å². The molecule has 35 heavy (non-hydrogen) atoms. The lowest BCUT2D eigenvalue weighted by Gasteiger charge is -2.37. The summed E-state index contributed by atoms with van der Waals surface area (Å²) in [7, 11) is 4.84. The fourth-order valence-electron chi connectivity index (χ4n) is 3.90. The first kappa shape index (κ1) is 24.5. The highest BCUT2D eigenvalue weighted by atomic mass is 32.2. The molecule has 1 fully saturated rings. The Hall–Kier alpha value is -3.66. The Bertz CT molecular complexity index is 1130. The Morgan fingerprint density at radius 2 is 1.57 bits per heavy atom. The summed E-state index contributed by atoms with van der Waals surface area (Å²) >= 11 is 1.37. The minimum atomic E-state index is -0.150. The van der Waals surface area contributed by atoms with E-state index in [4.69, 9.17) is 14.2 Å². The smallest absolute Gasteiger partial charge is 0.234 e.